The van der Waals surface area contributed by atoms with Gasteiger partial charge in [0.15, 0.2) is 10.8 Å². The van der Waals surface area contributed by atoms with E-state index in [0.29, 0.717) is 18.7 Å². The monoisotopic (exact) mass is 492 g/mol. The number of nitrogens with one attached hydrogen (secondary N) is 1. The molecule has 5 aromatic rings. The molecule has 0 bridgehead atoms. The lowest BCUT2D eigenvalue weighted by Gasteiger charge is -2.10. The van der Waals surface area contributed by atoms with Gasteiger partial charge in [0, 0.05) is 24.1 Å². The number of pyridine rings is 1. The Labute approximate surface area is 215 Å². The minimum absolute atomic E-state index is 0.0385. The summed E-state index contributed by atoms with van der Waals surface area (Å²) in [5.41, 5.74) is 6.08. The number of hydrogen-bond donors (Lipinski definition) is 1. The first-order valence-corrected chi connectivity index (χ1v) is 13.1. The summed E-state index contributed by atoms with van der Waals surface area (Å²) in [5, 5.41) is 3.97. The van der Waals surface area contributed by atoms with Crippen molar-refractivity contribution in [1.29, 1.82) is 0 Å². The molecule has 0 saturated heterocycles. The number of amides is 1. The van der Waals surface area contributed by atoms with E-state index >= 15 is 0 Å². The molecule has 0 aliphatic rings. The van der Waals surface area contributed by atoms with Crippen molar-refractivity contribution in [2.75, 3.05) is 6.54 Å². The van der Waals surface area contributed by atoms with Crippen molar-refractivity contribution < 1.29 is 4.79 Å². The first kappa shape index (κ1) is 23.8. The van der Waals surface area contributed by atoms with Crippen molar-refractivity contribution in [3.63, 3.8) is 0 Å². The number of aryl methyl sites for hydroxylation is 1. The van der Waals surface area contributed by atoms with Gasteiger partial charge in [-0.15, -0.1) is 0 Å². The highest BCUT2D eigenvalue weighted by molar-refractivity contribution is 7.98. The minimum Gasteiger partial charge on any atom is -0.352 e. The van der Waals surface area contributed by atoms with Gasteiger partial charge in [-0.05, 0) is 53.8 Å². The number of fused-ring (bicyclic) bond motifs is 1. The maximum atomic E-state index is 12.6. The standard InChI is InChI=1S/C30H28N4OS/c35-29(32-20-7-13-23-9-3-1-4-10-23)26-17-15-24(16-18-26)21-34-28-27(14-8-19-31-28)33-30(34)36-22-25-11-5-2-6-12-25/h1-6,8-12,14-19H,7,13,20-22H2,(H,32,35). The summed E-state index contributed by atoms with van der Waals surface area (Å²) >= 11 is 1.71. The number of benzene rings is 3. The van der Waals surface area contributed by atoms with Gasteiger partial charge in [-0.2, -0.15) is 0 Å². The lowest BCUT2D eigenvalue weighted by molar-refractivity contribution is 0.0953. The number of imidazole rings is 1. The van der Waals surface area contributed by atoms with Gasteiger partial charge in [0.25, 0.3) is 5.91 Å². The van der Waals surface area contributed by atoms with Crippen LogP contribution in [0.2, 0.25) is 0 Å². The molecule has 6 heteroatoms. The molecule has 0 atom stereocenters. The zero-order valence-electron chi connectivity index (χ0n) is 20.0. The van der Waals surface area contributed by atoms with Gasteiger partial charge in [-0.3, -0.25) is 9.36 Å². The van der Waals surface area contributed by atoms with Gasteiger partial charge in [-0.25, -0.2) is 9.97 Å². The zero-order valence-corrected chi connectivity index (χ0v) is 20.8. The van der Waals surface area contributed by atoms with E-state index in [1.165, 1.54) is 11.1 Å². The van der Waals surface area contributed by atoms with E-state index in [2.05, 4.69) is 51.3 Å². The second-order valence-corrected chi connectivity index (χ2v) is 9.59. The third-order valence-electron chi connectivity index (χ3n) is 6.01. The number of carbonyl (C=O) groups excluding carboxylic acids is 1. The Morgan fingerprint density at radius 1 is 0.806 bits per heavy atom. The Balaban J connectivity index is 1.22. The van der Waals surface area contributed by atoms with Gasteiger partial charge >= 0.3 is 0 Å². The third-order valence-corrected chi connectivity index (χ3v) is 7.05. The lowest BCUT2D eigenvalue weighted by atomic mass is 10.1. The zero-order chi connectivity index (χ0) is 24.6. The average Bonchev–Trinajstić information content (AvgIpc) is 3.28. The molecule has 180 valence electrons. The Hall–Kier alpha value is -3.90. The summed E-state index contributed by atoms with van der Waals surface area (Å²) in [5.74, 6) is 0.802. The molecule has 5 rings (SSSR count). The van der Waals surface area contributed by atoms with E-state index in [4.69, 9.17) is 4.98 Å². The van der Waals surface area contributed by atoms with Crippen molar-refractivity contribution in [1.82, 2.24) is 19.9 Å². The van der Waals surface area contributed by atoms with Crippen LogP contribution in [0.4, 0.5) is 0 Å². The molecule has 1 amide bonds. The molecule has 5 nitrogen and oxygen atoms in total. The molecule has 0 aliphatic heterocycles. The molecule has 2 aromatic heterocycles. The molecule has 36 heavy (non-hydrogen) atoms. The van der Waals surface area contributed by atoms with Gasteiger partial charge in [0.1, 0.15) is 5.52 Å². The van der Waals surface area contributed by atoms with E-state index in [1.807, 2.05) is 60.7 Å². The third kappa shape index (κ3) is 6.01. The van der Waals surface area contributed by atoms with E-state index < -0.39 is 0 Å². The highest BCUT2D eigenvalue weighted by atomic mass is 32.2. The van der Waals surface area contributed by atoms with Crippen LogP contribution in [0.25, 0.3) is 11.2 Å². The van der Waals surface area contributed by atoms with Gasteiger partial charge in [0.2, 0.25) is 0 Å². The van der Waals surface area contributed by atoms with Crippen LogP contribution < -0.4 is 5.32 Å². The number of nitrogens with zero attached hydrogens (tertiary/aromatic N) is 3. The van der Waals surface area contributed by atoms with Crippen molar-refractivity contribution in [3.8, 4) is 0 Å². The fourth-order valence-corrected chi connectivity index (χ4v) is 5.06. The molecule has 0 saturated carbocycles. The van der Waals surface area contributed by atoms with Gasteiger partial charge in [0.05, 0.1) is 6.54 Å². The average molecular weight is 493 g/mol. The quantitative estimate of drug-likeness (QED) is 0.188. The SMILES string of the molecule is O=C(NCCCc1ccccc1)c1ccc(Cn2c(SCc3ccccc3)nc3cccnc32)cc1. The highest BCUT2D eigenvalue weighted by Gasteiger charge is 2.13. The fraction of sp³-hybridized carbons (Fsp3) is 0.167. The lowest BCUT2D eigenvalue weighted by Crippen LogP contribution is -2.24. The van der Waals surface area contributed by atoms with E-state index in [-0.39, 0.29) is 5.91 Å². The summed E-state index contributed by atoms with van der Waals surface area (Å²) in [4.78, 5) is 22.0. The second-order valence-electron chi connectivity index (χ2n) is 8.64. The predicted molar refractivity (Wildman–Crippen MR) is 146 cm³/mol. The topological polar surface area (TPSA) is 59.8 Å². The van der Waals surface area contributed by atoms with Crippen LogP contribution in [-0.4, -0.2) is 27.0 Å². The Morgan fingerprint density at radius 3 is 2.28 bits per heavy atom. The van der Waals surface area contributed by atoms with E-state index in [0.717, 1.165) is 40.5 Å². The fourth-order valence-electron chi connectivity index (χ4n) is 4.10. The van der Waals surface area contributed by atoms with Crippen molar-refractivity contribution >= 4 is 28.8 Å². The van der Waals surface area contributed by atoms with Crippen molar-refractivity contribution in [2.24, 2.45) is 0 Å². The number of thioether (sulfide) groups is 1. The molecule has 0 fully saturated rings. The molecule has 0 aliphatic carbocycles. The molecule has 0 unspecified atom stereocenters. The van der Waals surface area contributed by atoms with Gasteiger partial charge in [-0.1, -0.05) is 84.6 Å². The van der Waals surface area contributed by atoms with Crippen LogP contribution in [0.15, 0.2) is 108 Å². The largest absolute Gasteiger partial charge is 0.352 e. The van der Waals surface area contributed by atoms with Crippen LogP contribution in [0.5, 0.6) is 0 Å². The summed E-state index contributed by atoms with van der Waals surface area (Å²) < 4.78 is 2.15. The van der Waals surface area contributed by atoms with Gasteiger partial charge < -0.3 is 5.32 Å². The maximum absolute atomic E-state index is 12.6. The smallest absolute Gasteiger partial charge is 0.251 e. The molecule has 2 heterocycles. The summed E-state index contributed by atoms with van der Waals surface area (Å²) in [6.07, 6.45) is 3.67. The molecule has 1 N–H and O–H groups in total. The number of rotatable bonds is 10. The summed E-state index contributed by atoms with van der Waals surface area (Å²) in [6.45, 7) is 1.30. The Kier molecular flexibility index (Phi) is 7.73. The van der Waals surface area contributed by atoms with Crippen LogP contribution in [0, 0.1) is 0 Å². The van der Waals surface area contributed by atoms with Crippen LogP contribution in [-0.2, 0) is 18.7 Å². The first-order chi connectivity index (χ1) is 17.8. The van der Waals surface area contributed by atoms with Crippen LogP contribution in [0.3, 0.4) is 0 Å². The number of hydrogen-bond acceptors (Lipinski definition) is 4. The molecular weight excluding hydrogens is 464 g/mol. The first-order valence-electron chi connectivity index (χ1n) is 12.2. The molecular formula is C30H28N4OS. The number of carbonyl (C=O) groups is 1. The normalized spacial score (nSPS) is 11.0. The molecule has 0 spiro atoms. The summed E-state index contributed by atoms with van der Waals surface area (Å²) in [6, 6.07) is 32.5. The van der Waals surface area contributed by atoms with Crippen LogP contribution >= 0.6 is 11.8 Å². The maximum Gasteiger partial charge on any atom is 0.251 e. The van der Waals surface area contributed by atoms with Crippen LogP contribution in [0.1, 0.15) is 33.5 Å². The molecule has 0 radical (unpaired) electrons. The summed E-state index contributed by atoms with van der Waals surface area (Å²) in [7, 11) is 0. The van der Waals surface area contributed by atoms with E-state index in [9.17, 15) is 4.79 Å². The highest BCUT2D eigenvalue weighted by Crippen LogP contribution is 2.27. The predicted octanol–water partition coefficient (Wildman–Crippen LogP) is 6.13. The van der Waals surface area contributed by atoms with Crippen molar-refractivity contribution in [2.45, 2.75) is 30.3 Å². The van der Waals surface area contributed by atoms with Crippen molar-refractivity contribution in [3.05, 3.63) is 126 Å². The molecule has 3 aromatic carbocycles. The van der Waals surface area contributed by atoms with E-state index in [1.54, 1.807) is 18.0 Å². The second kappa shape index (κ2) is 11.7. The Bertz CT molecular complexity index is 1420. The Morgan fingerprint density at radius 2 is 1.53 bits per heavy atom. The number of aromatic nitrogens is 3. The minimum atomic E-state index is -0.0385.